The van der Waals surface area contributed by atoms with E-state index in [9.17, 15) is 27.6 Å². The Kier molecular flexibility index (Phi) is 3.59. The monoisotopic (exact) mass is 334 g/mol. The van der Waals surface area contributed by atoms with E-state index in [0.29, 0.717) is 0 Å². The summed E-state index contributed by atoms with van der Waals surface area (Å²) in [4.78, 5) is 35.1. The maximum absolute atomic E-state index is 12.5. The highest BCUT2D eigenvalue weighted by Crippen LogP contribution is 2.29. The molecule has 1 heterocycles. The van der Waals surface area contributed by atoms with Crippen molar-refractivity contribution in [3.05, 3.63) is 64.7 Å². The summed E-state index contributed by atoms with van der Waals surface area (Å²) >= 11 is 0. The van der Waals surface area contributed by atoms with Crippen LogP contribution in [0.5, 0.6) is 0 Å². The maximum Gasteiger partial charge on any atom is 0.416 e. The lowest BCUT2D eigenvalue weighted by atomic mass is 10.1. The van der Waals surface area contributed by atoms with Crippen LogP contribution < -0.4 is 10.6 Å². The largest absolute Gasteiger partial charge is 0.416 e. The lowest BCUT2D eigenvalue weighted by Gasteiger charge is -2.09. The summed E-state index contributed by atoms with van der Waals surface area (Å²) < 4.78 is 37.5. The molecule has 0 unspecified atom stereocenters. The minimum atomic E-state index is -4.48. The van der Waals surface area contributed by atoms with Crippen LogP contribution in [0.2, 0.25) is 0 Å². The van der Waals surface area contributed by atoms with E-state index in [1.807, 2.05) is 0 Å². The quantitative estimate of drug-likeness (QED) is 0.829. The molecule has 0 aromatic heterocycles. The Labute approximate surface area is 133 Å². The standard InChI is InChI=1S/C16H9F3N2O3/c17-16(18,19)9-3-1-8(2-4-9)13(22)20-10-5-6-11-12(7-10)15(24)21-14(11)23/h1-7H,(H,20,22)(H,21,23,24). The van der Waals surface area contributed by atoms with Gasteiger partial charge in [-0.2, -0.15) is 13.2 Å². The van der Waals surface area contributed by atoms with Gasteiger partial charge in [0.15, 0.2) is 0 Å². The number of alkyl halides is 3. The molecule has 1 aliphatic rings. The van der Waals surface area contributed by atoms with Crippen molar-refractivity contribution < 1.29 is 27.6 Å². The molecular weight excluding hydrogens is 325 g/mol. The van der Waals surface area contributed by atoms with Gasteiger partial charge in [-0.15, -0.1) is 0 Å². The first-order chi connectivity index (χ1) is 11.3. The van der Waals surface area contributed by atoms with Crippen LogP contribution in [0.15, 0.2) is 42.5 Å². The van der Waals surface area contributed by atoms with Crippen LogP contribution in [-0.2, 0) is 6.18 Å². The van der Waals surface area contributed by atoms with Crippen LogP contribution in [0.4, 0.5) is 18.9 Å². The molecule has 3 amide bonds. The second-order valence-corrected chi connectivity index (χ2v) is 5.07. The number of carbonyl (C=O) groups is 3. The van der Waals surface area contributed by atoms with Gasteiger partial charge < -0.3 is 5.32 Å². The van der Waals surface area contributed by atoms with Gasteiger partial charge in [0, 0.05) is 11.3 Å². The van der Waals surface area contributed by atoms with Gasteiger partial charge in [-0.1, -0.05) is 0 Å². The van der Waals surface area contributed by atoms with Crippen molar-refractivity contribution in [1.82, 2.24) is 5.32 Å². The molecule has 3 rings (SSSR count). The van der Waals surface area contributed by atoms with Crippen molar-refractivity contribution in [2.75, 3.05) is 5.32 Å². The fourth-order valence-corrected chi connectivity index (χ4v) is 2.26. The Morgan fingerprint density at radius 2 is 1.54 bits per heavy atom. The number of nitrogens with one attached hydrogen (secondary N) is 2. The number of carbonyl (C=O) groups excluding carboxylic acids is 3. The smallest absolute Gasteiger partial charge is 0.322 e. The van der Waals surface area contributed by atoms with Crippen LogP contribution >= 0.6 is 0 Å². The second-order valence-electron chi connectivity index (χ2n) is 5.07. The summed E-state index contributed by atoms with van der Waals surface area (Å²) in [6.07, 6.45) is -4.48. The molecule has 0 spiro atoms. The molecule has 8 heteroatoms. The number of halogens is 3. The third-order valence-electron chi connectivity index (χ3n) is 3.47. The lowest BCUT2D eigenvalue weighted by molar-refractivity contribution is -0.137. The van der Waals surface area contributed by atoms with E-state index in [1.165, 1.54) is 18.2 Å². The van der Waals surface area contributed by atoms with Crippen molar-refractivity contribution >= 4 is 23.4 Å². The van der Waals surface area contributed by atoms with Crippen molar-refractivity contribution in [3.8, 4) is 0 Å². The molecule has 0 saturated carbocycles. The van der Waals surface area contributed by atoms with Gasteiger partial charge in [0.25, 0.3) is 17.7 Å². The van der Waals surface area contributed by atoms with E-state index >= 15 is 0 Å². The first-order valence-electron chi connectivity index (χ1n) is 6.74. The zero-order valence-electron chi connectivity index (χ0n) is 11.9. The van der Waals surface area contributed by atoms with Gasteiger partial charge in [0.05, 0.1) is 16.7 Å². The van der Waals surface area contributed by atoms with Gasteiger partial charge in [0.1, 0.15) is 0 Å². The summed E-state index contributed by atoms with van der Waals surface area (Å²) in [5.41, 5.74) is -0.239. The number of hydrogen-bond acceptors (Lipinski definition) is 3. The first-order valence-corrected chi connectivity index (χ1v) is 6.74. The van der Waals surface area contributed by atoms with Crippen LogP contribution in [-0.4, -0.2) is 17.7 Å². The molecular formula is C16H9F3N2O3. The van der Waals surface area contributed by atoms with E-state index in [4.69, 9.17) is 0 Å². The highest BCUT2D eigenvalue weighted by molar-refractivity contribution is 6.22. The molecule has 0 atom stereocenters. The van der Waals surface area contributed by atoms with Gasteiger partial charge in [-0.3, -0.25) is 19.7 Å². The highest BCUT2D eigenvalue weighted by Gasteiger charge is 2.30. The first kappa shape index (κ1) is 15.7. The van der Waals surface area contributed by atoms with Crippen LogP contribution in [0.1, 0.15) is 36.6 Å². The molecule has 5 nitrogen and oxygen atoms in total. The molecule has 0 aliphatic carbocycles. The average molecular weight is 334 g/mol. The van der Waals surface area contributed by atoms with Gasteiger partial charge in [-0.05, 0) is 42.5 Å². The van der Waals surface area contributed by atoms with Crippen molar-refractivity contribution in [3.63, 3.8) is 0 Å². The zero-order chi connectivity index (χ0) is 17.5. The Morgan fingerprint density at radius 1 is 0.917 bits per heavy atom. The lowest BCUT2D eigenvalue weighted by Crippen LogP contribution is -2.19. The third kappa shape index (κ3) is 2.85. The van der Waals surface area contributed by atoms with Crippen molar-refractivity contribution in [1.29, 1.82) is 0 Å². The Balaban J connectivity index is 1.79. The predicted molar refractivity (Wildman–Crippen MR) is 77.6 cm³/mol. The molecule has 0 radical (unpaired) electrons. The van der Waals surface area contributed by atoms with E-state index < -0.39 is 29.5 Å². The maximum atomic E-state index is 12.5. The SMILES string of the molecule is O=C(Nc1ccc2c(c1)C(=O)NC2=O)c1ccc(C(F)(F)F)cc1. The number of hydrogen-bond donors (Lipinski definition) is 2. The van der Waals surface area contributed by atoms with E-state index in [-0.39, 0.29) is 22.4 Å². The van der Waals surface area contributed by atoms with Gasteiger partial charge in [-0.25, -0.2) is 0 Å². The average Bonchev–Trinajstić information content (AvgIpc) is 2.81. The highest BCUT2D eigenvalue weighted by atomic mass is 19.4. The van der Waals surface area contributed by atoms with E-state index in [0.717, 1.165) is 24.3 Å². The number of amides is 3. The van der Waals surface area contributed by atoms with E-state index in [2.05, 4.69) is 10.6 Å². The molecule has 1 aliphatic heterocycles. The van der Waals surface area contributed by atoms with Crippen LogP contribution in [0, 0.1) is 0 Å². The summed E-state index contributed by atoms with van der Waals surface area (Å²) in [7, 11) is 0. The van der Waals surface area contributed by atoms with Crippen molar-refractivity contribution in [2.45, 2.75) is 6.18 Å². The number of benzene rings is 2. The summed E-state index contributed by atoms with van der Waals surface area (Å²) in [6, 6.07) is 7.88. The zero-order valence-corrected chi connectivity index (χ0v) is 11.9. The molecule has 0 saturated heterocycles. The Hall–Kier alpha value is -3.16. The number of imide groups is 1. The third-order valence-corrected chi connectivity index (χ3v) is 3.47. The Morgan fingerprint density at radius 3 is 2.17 bits per heavy atom. The van der Waals surface area contributed by atoms with Crippen molar-refractivity contribution in [2.24, 2.45) is 0 Å². The fraction of sp³-hybridized carbons (Fsp3) is 0.0625. The molecule has 2 N–H and O–H groups in total. The number of rotatable bonds is 2. The molecule has 0 bridgehead atoms. The Bertz CT molecular complexity index is 858. The minimum Gasteiger partial charge on any atom is -0.322 e. The summed E-state index contributed by atoms with van der Waals surface area (Å²) in [5.74, 6) is -1.72. The molecule has 0 fully saturated rings. The number of anilines is 1. The minimum absolute atomic E-state index is 0.0315. The molecule has 122 valence electrons. The summed E-state index contributed by atoms with van der Waals surface area (Å²) in [5, 5.41) is 4.59. The summed E-state index contributed by atoms with van der Waals surface area (Å²) in [6.45, 7) is 0. The van der Waals surface area contributed by atoms with Crippen LogP contribution in [0.25, 0.3) is 0 Å². The van der Waals surface area contributed by atoms with Gasteiger partial charge >= 0.3 is 6.18 Å². The second kappa shape index (κ2) is 5.48. The molecule has 2 aromatic rings. The molecule has 24 heavy (non-hydrogen) atoms. The van der Waals surface area contributed by atoms with E-state index in [1.54, 1.807) is 0 Å². The van der Waals surface area contributed by atoms with Gasteiger partial charge in [0.2, 0.25) is 0 Å². The normalized spacial score (nSPS) is 13.5. The predicted octanol–water partition coefficient (Wildman–Crippen LogP) is 2.84. The number of fused-ring (bicyclic) bond motifs is 1. The topological polar surface area (TPSA) is 75.3 Å². The molecule has 2 aromatic carbocycles. The van der Waals surface area contributed by atoms with Crippen LogP contribution in [0.3, 0.4) is 0 Å². The fourth-order valence-electron chi connectivity index (χ4n) is 2.26.